The zero-order valence-electron chi connectivity index (χ0n) is 15.6. The lowest BCUT2D eigenvalue weighted by atomic mass is 10.1. The van der Waals surface area contributed by atoms with Gasteiger partial charge in [0, 0.05) is 45.0 Å². The van der Waals surface area contributed by atoms with Gasteiger partial charge in [-0.3, -0.25) is 0 Å². The number of ether oxygens (including phenoxy) is 1. The SMILES string of the molecule is C[C@@H]1OCCN(C(=O)NCc2ccccc2N2CCN(C)CC2)[C@H]1C. The van der Waals surface area contributed by atoms with Gasteiger partial charge < -0.3 is 24.8 Å². The highest BCUT2D eigenvalue weighted by molar-refractivity contribution is 5.75. The van der Waals surface area contributed by atoms with Crippen LogP contribution >= 0.6 is 0 Å². The van der Waals surface area contributed by atoms with E-state index in [1.807, 2.05) is 24.8 Å². The number of nitrogens with zero attached hydrogens (tertiary/aromatic N) is 3. The number of benzene rings is 1. The van der Waals surface area contributed by atoms with Crippen LogP contribution in [0.15, 0.2) is 24.3 Å². The molecule has 1 aromatic carbocycles. The van der Waals surface area contributed by atoms with Crippen LogP contribution in [-0.4, -0.2) is 74.4 Å². The molecule has 2 amide bonds. The van der Waals surface area contributed by atoms with Gasteiger partial charge in [0.25, 0.3) is 0 Å². The Hall–Kier alpha value is -1.79. The number of hydrogen-bond acceptors (Lipinski definition) is 4. The predicted molar refractivity (Wildman–Crippen MR) is 100.0 cm³/mol. The third-order valence-electron chi connectivity index (χ3n) is 5.41. The summed E-state index contributed by atoms with van der Waals surface area (Å²) in [5, 5.41) is 3.10. The molecular weight excluding hydrogens is 316 g/mol. The summed E-state index contributed by atoms with van der Waals surface area (Å²) in [6.45, 7) is 10.1. The molecule has 0 unspecified atom stereocenters. The fourth-order valence-electron chi connectivity index (χ4n) is 3.51. The number of rotatable bonds is 3. The summed E-state index contributed by atoms with van der Waals surface area (Å²) in [5.41, 5.74) is 2.41. The van der Waals surface area contributed by atoms with E-state index in [4.69, 9.17) is 4.74 Å². The largest absolute Gasteiger partial charge is 0.375 e. The topological polar surface area (TPSA) is 48.1 Å². The molecule has 6 nitrogen and oxygen atoms in total. The summed E-state index contributed by atoms with van der Waals surface area (Å²) in [7, 11) is 2.16. The summed E-state index contributed by atoms with van der Waals surface area (Å²) < 4.78 is 5.61. The Kier molecular flexibility index (Phi) is 5.81. The van der Waals surface area contributed by atoms with Crippen LogP contribution in [0.4, 0.5) is 10.5 Å². The lowest BCUT2D eigenvalue weighted by molar-refractivity contribution is -0.0376. The lowest BCUT2D eigenvalue weighted by Gasteiger charge is -2.38. The van der Waals surface area contributed by atoms with Crippen molar-refractivity contribution in [2.24, 2.45) is 0 Å². The van der Waals surface area contributed by atoms with E-state index in [1.54, 1.807) is 0 Å². The van der Waals surface area contributed by atoms with Crippen LogP contribution in [0.25, 0.3) is 0 Å². The summed E-state index contributed by atoms with van der Waals surface area (Å²) in [4.78, 5) is 19.2. The van der Waals surface area contributed by atoms with Gasteiger partial charge in [-0.1, -0.05) is 18.2 Å². The zero-order chi connectivity index (χ0) is 17.8. The van der Waals surface area contributed by atoms with Crippen molar-refractivity contribution < 1.29 is 9.53 Å². The molecular formula is C19H30N4O2. The highest BCUT2D eigenvalue weighted by Gasteiger charge is 2.29. The van der Waals surface area contributed by atoms with Gasteiger partial charge in [-0.25, -0.2) is 4.79 Å². The molecule has 1 aromatic rings. The van der Waals surface area contributed by atoms with Crippen molar-refractivity contribution in [3.8, 4) is 0 Å². The maximum absolute atomic E-state index is 12.6. The van der Waals surface area contributed by atoms with Gasteiger partial charge >= 0.3 is 6.03 Å². The molecule has 25 heavy (non-hydrogen) atoms. The number of anilines is 1. The van der Waals surface area contributed by atoms with Crippen LogP contribution < -0.4 is 10.2 Å². The number of amides is 2. The van der Waals surface area contributed by atoms with E-state index in [0.29, 0.717) is 19.7 Å². The predicted octanol–water partition coefficient (Wildman–Crippen LogP) is 1.76. The number of carbonyl (C=O) groups is 1. The van der Waals surface area contributed by atoms with Gasteiger partial charge in [-0.2, -0.15) is 0 Å². The molecule has 2 fully saturated rings. The number of carbonyl (C=O) groups excluding carboxylic acids is 1. The van der Waals surface area contributed by atoms with Crippen molar-refractivity contribution in [3.05, 3.63) is 29.8 Å². The number of likely N-dealkylation sites (N-methyl/N-ethyl adjacent to an activating group) is 1. The molecule has 2 atom stereocenters. The average Bonchev–Trinajstić information content (AvgIpc) is 2.63. The third-order valence-corrected chi connectivity index (χ3v) is 5.41. The Balaban J connectivity index is 1.62. The molecule has 6 heteroatoms. The fraction of sp³-hybridized carbons (Fsp3) is 0.632. The first-order valence-corrected chi connectivity index (χ1v) is 9.23. The maximum atomic E-state index is 12.6. The molecule has 2 heterocycles. The first-order valence-electron chi connectivity index (χ1n) is 9.23. The first kappa shape index (κ1) is 18.0. The molecule has 0 spiro atoms. The van der Waals surface area contributed by atoms with Crippen molar-refractivity contribution >= 4 is 11.7 Å². The lowest BCUT2D eigenvalue weighted by Crippen LogP contribution is -2.54. The molecule has 0 aromatic heterocycles. The Morgan fingerprint density at radius 2 is 1.88 bits per heavy atom. The molecule has 2 aliphatic heterocycles. The minimum absolute atomic E-state index is 0.00386. The van der Waals surface area contributed by atoms with Gasteiger partial charge in [-0.15, -0.1) is 0 Å². The Morgan fingerprint density at radius 3 is 2.64 bits per heavy atom. The molecule has 3 rings (SSSR count). The zero-order valence-corrected chi connectivity index (χ0v) is 15.6. The fourth-order valence-corrected chi connectivity index (χ4v) is 3.51. The Bertz CT molecular complexity index is 587. The van der Waals surface area contributed by atoms with E-state index >= 15 is 0 Å². The number of piperazine rings is 1. The van der Waals surface area contributed by atoms with Gasteiger partial charge in [0.2, 0.25) is 0 Å². The van der Waals surface area contributed by atoms with Gasteiger partial charge in [0.1, 0.15) is 0 Å². The summed E-state index contributed by atoms with van der Waals surface area (Å²) in [6, 6.07) is 8.48. The van der Waals surface area contributed by atoms with Crippen molar-refractivity contribution in [1.29, 1.82) is 0 Å². The van der Waals surface area contributed by atoms with Crippen molar-refractivity contribution in [2.75, 3.05) is 51.3 Å². The van der Waals surface area contributed by atoms with Crippen molar-refractivity contribution in [2.45, 2.75) is 32.5 Å². The van der Waals surface area contributed by atoms with E-state index in [2.05, 4.69) is 40.4 Å². The summed E-state index contributed by atoms with van der Waals surface area (Å²) in [5.74, 6) is 0. The number of hydrogen-bond donors (Lipinski definition) is 1. The van der Waals surface area contributed by atoms with Crippen LogP contribution in [0.1, 0.15) is 19.4 Å². The smallest absolute Gasteiger partial charge is 0.318 e. The quantitative estimate of drug-likeness (QED) is 0.906. The van der Waals surface area contributed by atoms with E-state index in [9.17, 15) is 4.79 Å². The molecule has 138 valence electrons. The third kappa shape index (κ3) is 4.25. The minimum atomic E-state index is -0.00386. The summed E-state index contributed by atoms with van der Waals surface area (Å²) in [6.07, 6.45) is 0.0807. The standard InChI is InChI=1S/C19H30N4O2/c1-15-16(2)25-13-12-23(15)19(24)20-14-17-6-4-5-7-18(17)22-10-8-21(3)9-11-22/h4-7,15-16H,8-14H2,1-3H3,(H,20,24)/t15-,16-/m0/s1. The van der Waals surface area contributed by atoms with Crippen molar-refractivity contribution in [3.63, 3.8) is 0 Å². The number of morpholine rings is 1. The second kappa shape index (κ2) is 8.06. The molecule has 0 aliphatic carbocycles. The van der Waals surface area contributed by atoms with Gasteiger partial charge in [-0.05, 0) is 32.5 Å². The Morgan fingerprint density at radius 1 is 1.16 bits per heavy atom. The van der Waals surface area contributed by atoms with Crippen LogP contribution in [0, 0.1) is 0 Å². The monoisotopic (exact) mass is 346 g/mol. The van der Waals surface area contributed by atoms with E-state index in [-0.39, 0.29) is 18.2 Å². The highest BCUT2D eigenvalue weighted by atomic mass is 16.5. The van der Waals surface area contributed by atoms with Crippen LogP contribution in [0.3, 0.4) is 0 Å². The van der Waals surface area contributed by atoms with Crippen LogP contribution in [0.5, 0.6) is 0 Å². The molecule has 2 saturated heterocycles. The minimum Gasteiger partial charge on any atom is -0.375 e. The number of nitrogens with one attached hydrogen (secondary N) is 1. The van der Waals surface area contributed by atoms with E-state index in [1.165, 1.54) is 11.3 Å². The second-order valence-corrected chi connectivity index (χ2v) is 7.09. The normalized spacial score (nSPS) is 25.1. The highest BCUT2D eigenvalue weighted by Crippen LogP contribution is 2.22. The maximum Gasteiger partial charge on any atom is 0.318 e. The van der Waals surface area contributed by atoms with E-state index < -0.39 is 0 Å². The molecule has 0 bridgehead atoms. The first-order chi connectivity index (χ1) is 12.1. The molecule has 0 saturated carbocycles. The van der Waals surface area contributed by atoms with Crippen LogP contribution in [0.2, 0.25) is 0 Å². The molecule has 1 N–H and O–H groups in total. The summed E-state index contributed by atoms with van der Waals surface area (Å²) >= 11 is 0. The molecule has 2 aliphatic rings. The van der Waals surface area contributed by atoms with Crippen molar-refractivity contribution in [1.82, 2.24) is 15.1 Å². The van der Waals surface area contributed by atoms with E-state index in [0.717, 1.165) is 26.2 Å². The Labute approximate surface area is 150 Å². The molecule has 0 radical (unpaired) electrons. The van der Waals surface area contributed by atoms with Crippen LogP contribution in [-0.2, 0) is 11.3 Å². The van der Waals surface area contributed by atoms with Gasteiger partial charge in [0.05, 0.1) is 18.8 Å². The average molecular weight is 346 g/mol. The second-order valence-electron chi connectivity index (χ2n) is 7.09. The number of para-hydroxylation sites is 1. The number of urea groups is 1. The van der Waals surface area contributed by atoms with Gasteiger partial charge in [0.15, 0.2) is 0 Å².